The molecule has 1 aliphatic rings. The van der Waals surface area contributed by atoms with E-state index in [0.717, 1.165) is 22.2 Å². The average Bonchev–Trinajstić information content (AvgIpc) is 3.17. The van der Waals surface area contributed by atoms with Gasteiger partial charge in [0.05, 0.1) is 16.4 Å². The highest BCUT2D eigenvalue weighted by Gasteiger charge is 2.36. The van der Waals surface area contributed by atoms with Crippen LogP contribution >= 0.6 is 11.8 Å². The van der Waals surface area contributed by atoms with Crippen molar-refractivity contribution in [3.05, 3.63) is 98.9 Å². The van der Waals surface area contributed by atoms with Gasteiger partial charge in [0.1, 0.15) is 24.7 Å². The Balaban J connectivity index is 1.32. The van der Waals surface area contributed by atoms with Crippen molar-refractivity contribution in [3.8, 4) is 11.5 Å². The molecule has 4 rings (SSSR count). The molecular formula is C27H23N3O7S. The molecule has 0 aliphatic carbocycles. The molecule has 3 aromatic rings. The van der Waals surface area contributed by atoms with Gasteiger partial charge < -0.3 is 14.8 Å². The fourth-order valence-electron chi connectivity index (χ4n) is 3.47. The fraction of sp³-hybridized carbons (Fsp3) is 0.148. The summed E-state index contributed by atoms with van der Waals surface area (Å²) in [6.07, 6.45) is 1.58. The van der Waals surface area contributed by atoms with Gasteiger partial charge in [-0.25, -0.2) is 0 Å². The molecule has 1 saturated heterocycles. The van der Waals surface area contributed by atoms with E-state index < -0.39 is 28.5 Å². The molecule has 0 spiro atoms. The number of benzene rings is 3. The van der Waals surface area contributed by atoms with E-state index in [0.29, 0.717) is 29.4 Å². The van der Waals surface area contributed by atoms with Crippen molar-refractivity contribution < 1.29 is 28.8 Å². The number of ether oxygens (including phenoxy) is 2. The Morgan fingerprint density at radius 1 is 0.974 bits per heavy atom. The van der Waals surface area contributed by atoms with E-state index in [1.54, 1.807) is 66.7 Å². The number of nitro groups is 1. The number of hydrogen-bond donors (Lipinski definition) is 1. The zero-order valence-electron chi connectivity index (χ0n) is 20.3. The van der Waals surface area contributed by atoms with Gasteiger partial charge in [-0.3, -0.25) is 29.4 Å². The first kappa shape index (κ1) is 26.4. The number of nitro benzene ring substituents is 1. The van der Waals surface area contributed by atoms with E-state index in [2.05, 4.69) is 5.32 Å². The highest BCUT2D eigenvalue weighted by Crippen LogP contribution is 2.32. The van der Waals surface area contributed by atoms with Crippen molar-refractivity contribution in [2.45, 2.75) is 13.5 Å². The largest absolute Gasteiger partial charge is 0.494 e. The molecule has 1 fully saturated rings. The Morgan fingerprint density at radius 2 is 1.61 bits per heavy atom. The van der Waals surface area contributed by atoms with Gasteiger partial charge in [-0.2, -0.15) is 0 Å². The summed E-state index contributed by atoms with van der Waals surface area (Å²) in [4.78, 5) is 49.0. The Kier molecular flexibility index (Phi) is 8.39. The number of imide groups is 1. The minimum absolute atomic E-state index is 0.00998. The molecule has 3 aromatic carbocycles. The minimum Gasteiger partial charge on any atom is -0.494 e. The third-order valence-electron chi connectivity index (χ3n) is 5.35. The van der Waals surface area contributed by atoms with Crippen LogP contribution in [0.4, 0.5) is 16.2 Å². The molecule has 10 nitrogen and oxygen atoms in total. The van der Waals surface area contributed by atoms with Crippen LogP contribution in [-0.4, -0.2) is 40.0 Å². The molecule has 0 bridgehead atoms. The molecule has 1 N–H and O–H groups in total. The van der Waals surface area contributed by atoms with Crippen LogP contribution in [0.25, 0.3) is 6.08 Å². The maximum atomic E-state index is 12.8. The van der Waals surface area contributed by atoms with Crippen LogP contribution in [0.1, 0.15) is 18.1 Å². The van der Waals surface area contributed by atoms with Gasteiger partial charge in [-0.1, -0.05) is 12.1 Å². The number of carbonyl (C=O) groups excluding carboxylic acids is 3. The summed E-state index contributed by atoms with van der Waals surface area (Å²) in [6.45, 7) is 2.23. The van der Waals surface area contributed by atoms with E-state index >= 15 is 0 Å². The SMILES string of the molecule is CCOc1ccc(NC(=O)CN2C(=O)S/C(=C/c3ccc(OCc4ccc([N+](=O)[O-])cc4)cc3)C2=O)cc1. The zero-order valence-corrected chi connectivity index (χ0v) is 21.1. The monoisotopic (exact) mass is 533 g/mol. The number of nitrogens with one attached hydrogen (secondary N) is 1. The Morgan fingerprint density at radius 3 is 2.24 bits per heavy atom. The minimum atomic E-state index is -0.541. The van der Waals surface area contributed by atoms with E-state index in [1.807, 2.05) is 6.92 Å². The smallest absolute Gasteiger partial charge is 0.294 e. The zero-order chi connectivity index (χ0) is 27.1. The van der Waals surface area contributed by atoms with Crippen LogP contribution in [-0.2, 0) is 16.2 Å². The van der Waals surface area contributed by atoms with Crippen LogP contribution in [0, 0.1) is 10.1 Å². The van der Waals surface area contributed by atoms with Crippen molar-refractivity contribution in [3.63, 3.8) is 0 Å². The van der Waals surface area contributed by atoms with Gasteiger partial charge in [0.2, 0.25) is 5.91 Å². The summed E-state index contributed by atoms with van der Waals surface area (Å²) in [5.41, 5.74) is 1.99. The van der Waals surface area contributed by atoms with Gasteiger partial charge in [0.15, 0.2) is 0 Å². The number of rotatable bonds is 10. The van der Waals surface area contributed by atoms with Crippen molar-refractivity contribution in [1.29, 1.82) is 0 Å². The predicted molar refractivity (Wildman–Crippen MR) is 143 cm³/mol. The highest BCUT2D eigenvalue weighted by atomic mass is 32.2. The van der Waals surface area contributed by atoms with E-state index in [9.17, 15) is 24.5 Å². The lowest BCUT2D eigenvalue weighted by atomic mass is 10.2. The van der Waals surface area contributed by atoms with Crippen molar-refractivity contribution in [2.24, 2.45) is 0 Å². The van der Waals surface area contributed by atoms with Gasteiger partial charge in [-0.15, -0.1) is 0 Å². The number of non-ortho nitro benzene ring substituents is 1. The second-order valence-corrected chi connectivity index (χ2v) is 9.05. The number of anilines is 1. The molecule has 38 heavy (non-hydrogen) atoms. The van der Waals surface area contributed by atoms with Gasteiger partial charge >= 0.3 is 0 Å². The average molecular weight is 534 g/mol. The van der Waals surface area contributed by atoms with Crippen molar-refractivity contribution in [1.82, 2.24) is 4.90 Å². The Hall–Kier alpha value is -4.64. The maximum absolute atomic E-state index is 12.8. The van der Waals surface area contributed by atoms with Crippen LogP contribution < -0.4 is 14.8 Å². The third kappa shape index (κ3) is 6.77. The van der Waals surface area contributed by atoms with E-state index in [4.69, 9.17) is 9.47 Å². The van der Waals surface area contributed by atoms with Crippen LogP contribution in [0.2, 0.25) is 0 Å². The molecule has 194 valence electrons. The second kappa shape index (κ2) is 12.1. The van der Waals surface area contributed by atoms with Gasteiger partial charge in [0, 0.05) is 17.8 Å². The summed E-state index contributed by atoms with van der Waals surface area (Å²) >= 11 is 0.770. The van der Waals surface area contributed by atoms with Crippen LogP contribution in [0.15, 0.2) is 77.7 Å². The first-order valence-electron chi connectivity index (χ1n) is 11.6. The molecule has 0 aromatic heterocycles. The normalized spacial score (nSPS) is 14.0. The van der Waals surface area contributed by atoms with Crippen LogP contribution in [0.3, 0.4) is 0 Å². The van der Waals surface area contributed by atoms with E-state index in [1.165, 1.54) is 12.1 Å². The molecule has 3 amide bonds. The topological polar surface area (TPSA) is 128 Å². The molecule has 11 heteroatoms. The standard InChI is InChI=1S/C27H23N3O7S/c1-2-36-22-13-7-20(8-14-22)28-25(31)16-29-26(32)24(38-27(29)33)15-18-5-11-23(12-6-18)37-17-19-3-9-21(10-4-19)30(34)35/h3-15H,2,16-17H2,1H3,(H,28,31)/b24-15+. The summed E-state index contributed by atoms with van der Waals surface area (Å²) in [5.74, 6) is 0.206. The summed E-state index contributed by atoms with van der Waals surface area (Å²) in [5, 5.41) is 12.9. The number of nitrogens with zero attached hydrogens (tertiary/aromatic N) is 2. The lowest BCUT2D eigenvalue weighted by molar-refractivity contribution is -0.384. The molecule has 0 atom stereocenters. The van der Waals surface area contributed by atoms with Gasteiger partial charge in [-0.05, 0) is 84.4 Å². The van der Waals surface area contributed by atoms with E-state index in [-0.39, 0.29) is 17.2 Å². The number of amides is 3. The summed E-state index contributed by atoms with van der Waals surface area (Å²) < 4.78 is 11.1. The van der Waals surface area contributed by atoms with Crippen molar-refractivity contribution in [2.75, 3.05) is 18.5 Å². The van der Waals surface area contributed by atoms with Crippen molar-refractivity contribution >= 4 is 46.3 Å². The quantitative estimate of drug-likeness (QED) is 0.213. The lowest BCUT2D eigenvalue weighted by Crippen LogP contribution is -2.36. The number of carbonyl (C=O) groups is 3. The molecule has 0 saturated carbocycles. The molecule has 0 unspecified atom stereocenters. The summed E-state index contributed by atoms with van der Waals surface area (Å²) in [6, 6.07) is 19.8. The van der Waals surface area contributed by atoms with Crippen LogP contribution in [0.5, 0.6) is 11.5 Å². The molecule has 1 heterocycles. The lowest BCUT2D eigenvalue weighted by Gasteiger charge is -2.12. The molecular weight excluding hydrogens is 510 g/mol. The third-order valence-corrected chi connectivity index (χ3v) is 6.26. The Labute approximate surface area is 222 Å². The highest BCUT2D eigenvalue weighted by molar-refractivity contribution is 8.18. The molecule has 0 radical (unpaired) electrons. The fourth-order valence-corrected chi connectivity index (χ4v) is 4.31. The summed E-state index contributed by atoms with van der Waals surface area (Å²) in [7, 11) is 0. The number of thioether (sulfide) groups is 1. The first-order valence-corrected chi connectivity index (χ1v) is 12.4. The van der Waals surface area contributed by atoms with Gasteiger partial charge in [0.25, 0.3) is 16.8 Å². The Bertz CT molecular complexity index is 1370. The first-order chi connectivity index (χ1) is 18.3. The maximum Gasteiger partial charge on any atom is 0.294 e. The second-order valence-electron chi connectivity index (χ2n) is 8.05. The number of hydrogen-bond acceptors (Lipinski definition) is 8. The molecule has 1 aliphatic heterocycles. The predicted octanol–water partition coefficient (Wildman–Crippen LogP) is 5.25.